The van der Waals surface area contributed by atoms with Gasteiger partial charge in [0.15, 0.2) is 0 Å². The maximum Gasteiger partial charge on any atom is 0.0492 e. The Labute approximate surface area is 129 Å². The van der Waals surface area contributed by atoms with E-state index in [0.717, 1.165) is 19.1 Å². The number of fused-ring (bicyclic) bond motifs is 1. The maximum absolute atomic E-state index is 3.75. The predicted octanol–water partition coefficient (Wildman–Crippen LogP) is 4.72. The van der Waals surface area contributed by atoms with E-state index < -0.39 is 0 Å². The summed E-state index contributed by atoms with van der Waals surface area (Å²) < 4.78 is 3.54. The summed E-state index contributed by atoms with van der Waals surface area (Å²) >= 11 is 3.62. The van der Waals surface area contributed by atoms with Crippen LogP contribution in [-0.4, -0.2) is 17.2 Å². The summed E-state index contributed by atoms with van der Waals surface area (Å²) in [7, 11) is 0. The summed E-state index contributed by atoms with van der Waals surface area (Å²) in [5.41, 5.74) is 1.32. The van der Waals surface area contributed by atoms with Crippen LogP contribution < -0.4 is 5.32 Å². The average Bonchev–Trinajstić information content (AvgIpc) is 2.70. The van der Waals surface area contributed by atoms with E-state index in [2.05, 4.69) is 56.3 Å². The van der Waals surface area contributed by atoms with Crippen molar-refractivity contribution < 1.29 is 0 Å². The van der Waals surface area contributed by atoms with Crippen LogP contribution >= 0.6 is 15.9 Å². The van der Waals surface area contributed by atoms with E-state index in [1.807, 2.05) is 0 Å². The van der Waals surface area contributed by atoms with Crippen LogP contribution in [0, 0.1) is 0 Å². The van der Waals surface area contributed by atoms with Crippen molar-refractivity contribution in [1.29, 1.82) is 0 Å². The highest BCUT2D eigenvalue weighted by Gasteiger charge is 2.11. The van der Waals surface area contributed by atoms with Crippen molar-refractivity contribution in [3.63, 3.8) is 0 Å². The third-order valence-corrected chi connectivity index (χ3v) is 5.09. The van der Waals surface area contributed by atoms with Gasteiger partial charge in [0.2, 0.25) is 0 Å². The van der Waals surface area contributed by atoms with E-state index in [1.54, 1.807) is 0 Å². The van der Waals surface area contributed by atoms with Crippen LogP contribution in [0.5, 0.6) is 0 Å². The lowest BCUT2D eigenvalue weighted by molar-refractivity contribution is 0.447. The lowest BCUT2D eigenvalue weighted by atomic mass is 10.1. The fourth-order valence-corrected chi connectivity index (χ4v) is 3.74. The van der Waals surface area contributed by atoms with Crippen LogP contribution in [0.2, 0.25) is 0 Å². The fourth-order valence-electron chi connectivity index (χ4n) is 3.25. The van der Waals surface area contributed by atoms with Gasteiger partial charge in [-0.1, -0.05) is 47.7 Å². The highest BCUT2D eigenvalue weighted by atomic mass is 79.9. The Balaban J connectivity index is 1.58. The lowest BCUT2D eigenvalue weighted by Gasteiger charge is -2.16. The van der Waals surface area contributed by atoms with Crippen LogP contribution in [-0.2, 0) is 6.54 Å². The number of nitrogens with zero attached hydrogens (tertiary/aromatic N) is 1. The monoisotopic (exact) mass is 334 g/mol. The Kier molecular flexibility index (Phi) is 4.79. The summed E-state index contributed by atoms with van der Waals surface area (Å²) in [5.74, 6) is 0. The van der Waals surface area contributed by atoms with Crippen molar-refractivity contribution in [2.75, 3.05) is 6.54 Å². The molecule has 0 saturated heterocycles. The summed E-state index contributed by atoms with van der Waals surface area (Å²) in [6.07, 6.45) is 10.6. The van der Waals surface area contributed by atoms with Crippen LogP contribution in [0.25, 0.3) is 10.9 Å². The molecular weight excluding hydrogens is 312 g/mol. The topological polar surface area (TPSA) is 17.0 Å². The maximum atomic E-state index is 3.75. The van der Waals surface area contributed by atoms with Crippen molar-refractivity contribution in [3.8, 4) is 0 Å². The molecule has 1 aromatic heterocycles. The molecule has 2 aromatic rings. The zero-order chi connectivity index (χ0) is 13.8. The van der Waals surface area contributed by atoms with Crippen LogP contribution in [0.1, 0.15) is 38.5 Å². The molecule has 3 heteroatoms. The third-order valence-electron chi connectivity index (χ3n) is 4.40. The molecule has 1 aliphatic rings. The second-order valence-corrected chi connectivity index (χ2v) is 6.68. The Morgan fingerprint density at radius 3 is 2.70 bits per heavy atom. The normalized spacial score (nSPS) is 17.4. The summed E-state index contributed by atoms with van der Waals surface area (Å²) in [5, 5.41) is 5.05. The van der Waals surface area contributed by atoms with Gasteiger partial charge in [-0.15, -0.1) is 0 Å². The minimum atomic E-state index is 0.742. The number of benzene rings is 1. The molecule has 1 aromatic carbocycles. The second kappa shape index (κ2) is 6.77. The van der Waals surface area contributed by atoms with Gasteiger partial charge in [0.25, 0.3) is 0 Å². The van der Waals surface area contributed by atoms with Gasteiger partial charge in [-0.3, -0.25) is 0 Å². The molecule has 0 spiro atoms. The second-order valence-electron chi connectivity index (χ2n) is 5.82. The van der Waals surface area contributed by atoms with Gasteiger partial charge in [0, 0.05) is 40.7 Å². The minimum Gasteiger partial charge on any atom is -0.346 e. The van der Waals surface area contributed by atoms with Crippen LogP contribution in [0.15, 0.2) is 34.9 Å². The molecule has 1 heterocycles. The first-order valence-corrected chi connectivity index (χ1v) is 8.60. The largest absolute Gasteiger partial charge is 0.346 e. The lowest BCUT2D eigenvalue weighted by Crippen LogP contribution is -2.31. The Bertz CT molecular complexity index is 553. The molecule has 0 unspecified atom stereocenters. The molecule has 1 fully saturated rings. The van der Waals surface area contributed by atoms with E-state index in [1.165, 1.54) is 53.9 Å². The number of halogens is 1. The SMILES string of the molecule is Brc1cccc2c1ccn2CCNC1CCCCCC1. The first-order chi connectivity index (χ1) is 9.84. The zero-order valence-corrected chi connectivity index (χ0v) is 13.5. The number of hydrogen-bond donors (Lipinski definition) is 1. The van der Waals surface area contributed by atoms with Gasteiger partial charge >= 0.3 is 0 Å². The Morgan fingerprint density at radius 2 is 1.90 bits per heavy atom. The van der Waals surface area contributed by atoms with Crippen LogP contribution in [0.3, 0.4) is 0 Å². The summed E-state index contributed by atoms with van der Waals surface area (Å²) in [4.78, 5) is 0. The molecule has 108 valence electrons. The molecule has 0 aliphatic heterocycles. The highest BCUT2D eigenvalue weighted by molar-refractivity contribution is 9.10. The smallest absolute Gasteiger partial charge is 0.0492 e. The molecule has 0 atom stereocenters. The van der Waals surface area contributed by atoms with E-state index >= 15 is 0 Å². The molecule has 2 nitrogen and oxygen atoms in total. The zero-order valence-electron chi connectivity index (χ0n) is 11.9. The first-order valence-electron chi connectivity index (χ1n) is 7.81. The van der Waals surface area contributed by atoms with Gasteiger partial charge in [0.05, 0.1) is 0 Å². The molecule has 1 aliphatic carbocycles. The van der Waals surface area contributed by atoms with Crippen molar-refractivity contribution in [1.82, 2.24) is 9.88 Å². The Morgan fingerprint density at radius 1 is 1.10 bits per heavy atom. The fraction of sp³-hybridized carbons (Fsp3) is 0.529. The average molecular weight is 335 g/mol. The van der Waals surface area contributed by atoms with Gasteiger partial charge in [0.1, 0.15) is 0 Å². The van der Waals surface area contributed by atoms with Gasteiger partial charge in [-0.2, -0.15) is 0 Å². The van der Waals surface area contributed by atoms with Gasteiger partial charge < -0.3 is 9.88 Å². The predicted molar refractivity (Wildman–Crippen MR) is 89.1 cm³/mol. The molecule has 1 saturated carbocycles. The van der Waals surface area contributed by atoms with Gasteiger partial charge in [-0.25, -0.2) is 0 Å². The molecule has 1 N–H and O–H groups in total. The quantitative estimate of drug-likeness (QED) is 0.800. The van der Waals surface area contributed by atoms with Gasteiger partial charge in [-0.05, 0) is 31.0 Å². The third kappa shape index (κ3) is 3.26. The van der Waals surface area contributed by atoms with Crippen LogP contribution in [0.4, 0.5) is 0 Å². The molecule has 0 radical (unpaired) electrons. The summed E-state index contributed by atoms with van der Waals surface area (Å²) in [6, 6.07) is 9.36. The summed E-state index contributed by atoms with van der Waals surface area (Å²) in [6.45, 7) is 2.12. The molecule has 0 amide bonds. The standard InChI is InChI=1S/C17H23BrN2/c18-16-8-5-9-17-15(16)10-12-20(17)13-11-19-14-6-3-1-2-4-7-14/h5,8-10,12,14,19H,1-4,6-7,11,13H2. The number of rotatable bonds is 4. The minimum absolute atomic E-state index is 0.742. The number of nitrogens with one attached hydrogen (secondary N) is 1. The van der Waals surface area contributed by atoms with E-state index in [4.69, 9.17) is 0 Å². The van der Waals surface area contributed by atoms with E-state index in [-0.39, 0.29) is 0 Å². The molecule has 3 rings (SSSR count). The number of hydrogen-bond acceptors (Lipinski definition) is 1. The van der Waals surface area contributed by atoms with E-state index in [9.17, 15) is 0 Å². The molecule has 0 bridgehead atoms. The number of aromatic nitrogens is 1. The van der Waals surface area contributed by atoms with E-state index in [0.29, 0.717) is 0 Å². The Hall–Kier alpha value is -0.800. The molecule has 20 heavy (non-hydrogen) atoms. The van der Waals surface area contributed by atoms with Crippen molar-refractivity contribution in [3.05, 3.63) is 34.9 Å². The highest BCUT2D eigenvalue weighted by Crippen LogP contribution is 2.24. The van der Waals surface area contributed by atoms with Crippen molar-refractivity contribution in [2.24, 2.45) is 0 Å². The van der Waals surface area contributed by atoms with Crippen molar-refractivity contribution >= 4 is 26.8 Å². The first kappa shape index (κ1) is 14.2. The van der Waals surface area contributed by atoms with Crippen molar-refractivity contribution in [2.45, 2.75) is 51.1 Å². The molecular formula is C17H23BrN2.